The number of rotatable bonds is 20. The van der Waals surface area contributed by atoms with Crippen LogP contribution >= 0.6 is 0 Å². The second-order valence-corrected chi connectivity index (χ2v) is 9.25. The Hall–Kier alpha value is -1.84. The van der Waals surface area contributed by atoms with Crippen LogP contribution in [0.3, 0.4) is 0 Å². The number of carboxylic acid groups (broad SMARTS) is 2. The van der Waals surface area contributed by atoms with E-state index in [1.807, 2.05) is 6.07 Å². The van der Waals surface area contributed by atoms with Gasteiger partial charge < -0.3 is 10.2 Å². The van der Waals surface area contributed by atoms with Gasteiger partial charge in [-0.3, -0.25) is 0 Å². The van der Waals surface area contributed by atoms with E-state index in [0.717, 1.165) is 32.1 Å². The monoisotopic (exact) mass is 446 g/mol. The number of unbranched alkanes of at least 4 members (excludes halogenated alkanes) is 13. The van der Waals surface area contributed by atoms with Gasteiger partial charge in [-0.25, -0.2) is 9.59 Å². The lowest BCUT2D eigenvalue weighted by molar-refractivity contribution is 0.0650. The first kappa shape index (κ1) is 28.2. The van der Waals surface area contributed by atoms with Gasteiger partial charge in [-0.2, -0.15) is 0 Å². The van der Waals surface area contributed by atoms with Crippen molar-refractivity contribution in [2.24, 2.45) is 0 Å². The van der Waals surface area contributed by atoms with Crippen LogP contribution in [-0.4, -0.2) is 22.2 Å². The van der Waals surface area contributed by atoms with E-state index in [1.165, 1.54) is 83.1 Å². The molecule has 0 saturated heterocycles. The van der Waals surface area contributed by atoms with E-state index >= 15 is 0 Å². The molecule has 0 aliphatic carbocycles. The molecule has 1 rings (SSSR count). The van der Waals surface area contributed by atoms with Gasteiger partial charge in [-0.05, 0) is 30.4 Å². The molecule has 32 heavy (non-hydrogen) atoms. The quantitative estimate of drug-likeness (QED) is 0.196. The van der Waals surface area contributed by atoms with Gasteiger partial charge in [0, 0.05) is 0 Å². The molecule has 1 aromatic rings. The normalized spacial score (nSPS) is 12.1. The van der Waals surface area contributed by atoms with Crippen LogP contribution in [0, 0.1) is 0 Å². The lowest BCUT2D eigenvalue weighted by Gasteiger charge is -2.20. The largest absolute Gasteiger partial charge is 0.478 e. The van der Waals surface area contributed by atoms with Crippen molar-refractivity contribution in [2.45, 2.75) is 129 Å². The number of hydrogen-bond donors (Lipinski definition) is 2. The van der Waals surface area contributed by atoms with Gasteiger partial charge in [-0.15, -0.1) is 0 Å². The summed E-state index contributed by atoms with van der Waals surface area (Å²) in [6.07, 6.45) is 20.4. The Morgan fingerprint density at radius 2 is 1.09 bits per heavy atom. The van der Waals surface area contributed by atoms with Crippen LogP contribution < -0.4 is 0 Å². The summed E-state index contributed by atoms with van der Waals surface area (Å²) < 4.78 is 0. The average Bonchev–Trinajstić information content (AvgIpc) is 2.78. The first-order chi connectivity index (χ1) is 15.5. The molecule has 4 heteroatoms. The zero-order valence-electron chi connectivity index (χ0n) is 20.5. The Morgan fingerprint density at radius 1 is 0.656 bits per heavy atom. The number of benzene rings is 1. The molecule has 0 aliphatic heterocycles. The lowest BCUT2D eigenvalue weighted by Crippen LogP contribution is -2.14. The molecule has 2 N–H and O–H groups in total. The second-order valence-electron chi connectivity index (χ2n) is 9.25. The van der Waals surface area contributed by atoms with Crippen LogP contribution in [0.25, 0.3) is 0 Å². The van der Waals surface area contributed by atoms with Gasteiger partial charge in [-0.1, -0.05) is 122 Å². The van der Waals surface area contributed by atoms with Crippen LogP contribution in [0.5, 0.6) is 0 Å². The summed E-state index contributed by atoms with van der Waals surface area (Å²) in [6, 6.07) is 4.96. The first-order valence-corrected chi connectivity index (χ1v) is 13.1. The van der Waals surface area contributed by atoms with Gasteiger partial charge in [0.15, 0.2) is 0 Å². The zero-order valence-corrected chi connectivity index (χ0v) is 20.5. The van der Waals surface area contributed by atoms with Crippen molar-refractivity contribution in [3.8, 4) is 0 Å². The Kier molecular flexibility index (Phi) is 15.6. The van der Waals surface area contributed by atoms with Crippen LogP contribution in [0.1, 0.15) is 155 Å². The van der Waals surface area contributed by atoms with E-state index in [-0.39, 0.29) is 17.0 Å². The minimum absolute atomic E-state index is 0.00749. The molecule has 0 aliphatic rings. The molecule has 0 aromatic heterocycles. The van der Waals surface area contributed by atoms with E-state index in [0.29, 0.717) is 5.56 Å². The van der Waals surface area contributed by atoms with Crippen LogP contribution in [0.4, 0.5) is 0 Å². The lowest BCUT2D eigenvalue weighted by atomic mass is 9.84. The highest BCUT2D eigenvalue weighted by molar-refractivity contribution is 6.02. The zero-order chi connectivity index (χ0) is 23.6. The molecule has 0 heterocycles. The molecule has 0 saturated carbocycles. The van der Waals surface area contributed by atoms with E-state index in [1.54, 1.807) is 6.07 Å². The SMILES string of the molecule is CCCCCCCCCCCC(CCCCCCCC)c1cccc(C(=O)O)c1C(=O)O. The maximum atomic E-state index is 12.0. The van der Waals surface area contributed by atoms with Gasteiger partial charge in [0.05, 0.1) is 11.1 Å². The van der Waals surface area contributed by atoms with Gasteiger partial charge >= 0.3 is 11.9 Å². The fraction of sp³-hybridized carbons (Fsp3) is 0.714. The van der Waals surface area contributed by atoms with Crippen molar-refractivity contribution in [3.63, 3.8) is 0 Å². The fourth-order valence-corrected chi connectivity index (χ4v) is 4.66. The third kappa shape index (κ3) is 11.2. The first-order valence-electron chi connectivity index (χ1n) is 13.1. The molecule has 0 fully saturated rings. The number of carboxylic acids is 2. The number of carbonyl (C=O) groups is 2. The Bertz CT molecular complexity index is 653. The predicted octanol–water partition coefficient (Wildman–Crippen LogP) is 8.84. The third-order valence-corrected chi connectivity index (χ3v) is 6.54. The Labute approximate surface area is 195 Å². The van der Waals surface area contributed by atoms with Crippen LogP contribution in [0.15, 0.2) is 18.2 Å². The summed E-state index contributed by atoms with van der Waals surface area (Å²) in [5.74, 6) is -2.17. The van der Waals surface area contributed by atoms with Gasteiger partial charge in [0.1, 0.15) is 0 Å². The average molecular weight is 447 g/mol. The molecule has 0 radical (unpaired) electrons. The smallest absolute Gasteiger partial charge is 0.336 e. The molecular formula is C28H46O4. The molecule has 0 amide bonds. The summed E-state index contributed by atoms with van der Waals surface area (Å²) >= 11 is 0. The van der Waals surface area contributed by atoms with E-state index in [4.69, 9.17) is 0 Å². The molecule has 182 valence electrons. The highest BCUT2D eigenvalue weighted by atomic mass is 16.4. The van der Waals surface area contributed by atoms with Crippen molar-refractivity contribution in [2.75, 3.05) is 0 Å². The highest BCUT2D eigenvalue weighted by Gasteiger charge is 2.24. The minimum atomic E-state index is -1.16. The second kappa shape index (κ2) is 17.7. The van der Waals surface area contributed by atoms with Gasteiger partial charge in [0.2, 0.25) is 0 Å². The summed E-state index contributed by atoms with van der Waals surface area (Å²) in [4.78, 5) is 23.6. The molecular weight excluding hydrogens is 400 g/mol. The van der Waals surface area contributed by atoms with Crippen molar-refractivity contribution < 1.29 is 19.8 Å². The van der Waals surface area contributed by atoms with Crippen LogP contribution in [-0.2, 0) is 0 Å². The van der Waals surface area contributed by atoms with Crippen molar-refractivity contribution in [3.05, 3.63) is 34.9 Å². The van der Waals surface area contributed by atoms with E-state index in [9.17, 15) is 19.8 Å². The number of aromatic carboxylic acids is 2. The molecule has 4 nitrogen and oxygen atoms in total. The van der Waals surface area contributed by atoms with E-state index < -0.39 is 11.9 Å². The highest BCUT2D eigenvalue weighted by Crippen LogP contribution is 2.32. The van der Waals surface area contributed by atoms with Gasteiger partial charge in [0.25, 0.3) is 0 Å². The molecule has 1 atom stereocenters. The predicted molar refractivity (Wildman–Crippen MR) is 133 cm³/mol. The fourth-order valence-electron chi connectivity index (χ4n) is 4.66. The van der Waals surface area contributed by atoms with Crippen molar-refractivity contribution >= 4 is 11.9 Å². The van der Waals surface area contributed by atoms with Crippen molar-refractivity contribution in [1.29, 1.82) is 0 Å². The summed E-state index contributed by atoms with van der Waals surface area (Å²) in [5.41, 5.74) is 0.618. The van der Waals surface area contributed by atoms with Crippen LogP contribution in [0.2, 0.25) is 0 Å². The molecule has 0 spiro atoms. The Balaban J connectivity index is 2.70. The summed E-state index contributed by atoms with van der Waals surface area (Å²) in [5, 5.41) is 19.3. The van der Waals surface area contributed by atoms with E-state index in [2.05, 4.69) is 13.8 Å². The third-order valence-electron chi connectivity index (χ3n) is 6.54. The molecule has 1 unspecified atom stereocenters. The molecule has 0 bridgehead atoms. The standard InChI is InChI=1S/C28H46O4/c1-3-5-7-9-11-12-13-15-17-20-23(19-16-14-10-8-6-4-2)24-21-18-22-25(27(29)30)26(24)28(31)32/h18,21-23H,3-17,19-20H2,1-2H3,(H,29,30)(H,31,32). The number of hydrogen-bond acceptors (Lipinski definition) is 2. The topological polar surface area (TPSA) is 74.6 Å². The minimum Gasteiger partial charge on any atom is -0.478 e. The summed E-state index contributed by atoms with van der Waals surface area (Å²) in [7, 11) is 0. The molecule has 1 aromatic carbocycles. The van der Waals surface area contributed by atoms with Crippen molar-refractivity contribution in [1.82, 2.24) is 0 Å². The summed E-state index contributed by atoms with van der Waals surface area (Å²) in [6.45, 7) is 4.45. The Morgan fingerprint density at radius 3 is 1.50 bits per heavy atom. The maximum Gasteiger partial charge on any atom is 0.336 e. The maximum absolute atomic E-state index is 12.0.